The molecule has 2 heterocycles. The molecule has 0 aromatic carbocycles. The van der Waals surface area contributed by atoms with Gasteiger partial charge in [-0.15, -0.1) is 0 Å². The van der Waals surface area contributed by atoms with Crippen LogP contribution in [0.1, 0.15) is 31.7 Å². The summed E-state index contributed by atoms with van der Waals surface area (Å²) in [6.07, 6.45) is 6.90. The lowest BCUT2D eigenvalue weighted by Crippen LogP contribution is -2.06. The lowest BCUT2D eigenvalue weighted by atomic mass is 10.2. The number of anilines is 1. The molecule has 1 aliphatic rings. The summed E-state index contributed by atoms with van der Waals surface area (Å²) in [6, 6.07) is 2.43. The van der Waals surface area contributed by atoms with Crippen LogP contribution in [0.4, 0.5) is 5.82 Å². The highest BCUT2D eigenvalue weighted by Gasteiger charge is 2.20. The van der Waals surface area contributed by atoms with Crippen LogP contribution in [-0.4, -0.2) is 21.8 Å². The highest BCUT2D eigenvalue weighted by molar-refractivity contribution is 6.30. The van der Waals surface area contributed by atoms with Gasteiger partial charge in [-0.1, -0.05) is 24.4 Å². The Balaban J connectivity index is 2.17. The maximum atomic E-state index is 6.05. The lowest BCUT2D eigenvalue weighted by molar-refractivity contribution is 0.482. The third kappa shape index (κ3) is 1.76. The van der Waals surface area contributed by atoms with Gasteiger partial charge in [0.1, 0.15) is 11.0 Å². The van der Waals surface area contributed by atoms with E-state index >= 15 is 0 Å². The predicted octanol–water partition coefficient (Wildman–Crippen LogP) is 3.24. The highest BCUT2D eigenvalue weighted by atomic mass is 35.5. The van der Waals surface area contributed by atoms with Crippen LogP contribution in [0.2, 0.25) is 5.15 Å². The van der Waals surface area contributed by atoms with Crippen molar-refractivity contribution >= 4 is 28.3 Å². The Morgan fingerprint density at radius 3 is 2.88 bits per heavy atom. The molecule has 0 spiro atoms. The molecule has 0 amide bonds. The summed E-state index contributed by atoms with van der Waals surface area (Å²) in [5, 5.41) is 9.13. The van der Waals surface area contributed by atoms with Gasteiger partial charge < -0.3 is 5.32 Å². The van der Waals surface area contributed by atoms with Gasteiger partial charge in [0.05, 0.1) is 23.1 Å². The summed E-state index contributed by atoms with van der Waals surface area (Å²) < 4.78 is 2.11. The molecule has 1 saturated carbocycles. The van der Waals surface area contributed by atoms with Crippen LogP contribution in [-0.2, 0) is 0 Å². The summed E-state index contributed by atoms with van der Waals surface area (Å²) in [5.74, 6) is 0.803. The molecule has 0 bridgehead atoms. The molecule has 1 aliphatic carbocycles. The Kier molecular flexibility index (Phi) is 2.67. The molecule has 3 rings (SSSR count). The van der Waals surface area contributed by atoms with Crippen molar-refractivity contribution in [3.8, 4) is 0 Å². The second kappa shape index (κ2) is 4.18. The zero-order valence-electron chi connectivity index (χ0n) is 9.78. The number of rotatable bonds is 2. The van der Waals surface area contributed by atoms with Crippen molar-refractivity contribution in [2.75, 3.05) is 12.4 Å². The fraction of sp³-hybridized carbons (Fsp3) is 0.500. The maximum Gasteiger partial charge on any atom is 0.138 e. The highest BCUT2D eigenvalue weighted by Crippen LogP contribution is 2.33. The number of fused-ring (bicyclic) bond motifs is 1. The molecule has 0 aliphatic heterocycles. The van der Waals surface area contributed by atoms with E-state index in [0.29, 0.717) is 11.2 Å². The average molecular weight is 251 g/mol. The molecular formula is C12H15ClN4. The van der Waals surface area contributed by atoms with Gasteiger partial charge in [0.2, 0.25) is 0 Å². The van der Waals surface area contributed by atoms with E-state index in [9.17, 15) is 0 Å². The maximum absolute atomic E-state index is 6.05. The van der Waals surface area contributed by atoms with Gasteiger partial charge in [-0.3, -0.25) is 4.68 Å². The van der Waals surface area contributed by atoms with Crippen molar-refractivity contribution in [3.05, 3.63) is 17.4 Å². The van der Waals surface area contributed by atoms with Crippen LogP contribution in [0, 0.1) is 0 Å². The summed E-state index contributed by atoms with van der Waals surface area (Å²) in [6.45, 7) is 0. The van der Waals surface area contributed by atoms with E-state index in [1.54, 1.807) is 0 Å². The quantitative estimate of drug-likeness (QED) is 0.832. The van der Waals surface area contributed by atoms with Crippen molar-refractivity contribution in [1.82, 2.24) is 14.8 Å². The Morgan fingerprint density at radius 1 is 1.41 bits per heavy atom. The summed E-state index contributed by atoms with van der Waals surface area (Å²) in [4.78, 5) is 4.26. The second-order valence-corrected chi connectivity index (χ2v) is 4.89. The van der Waals surface area contributed by atoms with Gasteiger partial charge in [0, 0.05) is 13.1 Å². The van der Waals surface area contributed by atoms with E-state index in [1.807, 2.05) is 19.3 Å². The molecule has 4 nitrogen and oxygen atoms in total. The van der Waals surface area contributed by atoms with Crippen LogP contribution in [0.25, 0.3) is 10.9 Å². The smallest absolute Gasteiger partial charge is 0.138 e. The number of nitrogens with one attached hydrogen (secondary N) is 1. The van der Waals surface area contributed by atoms with E-state index in [-0.39, 0.29) is 0 Å². The monoisotopic (exact) mass is 250 g/mol. The molecule has 1 fully saturated rings. The van der Waals surface area contributed by atoms with Crippen molar-refractivity contribution in [2.24, 2.45) is 0 Å². The number of nitrogens with zero attached hydrogens (tertiary/aromatic N) is 3. The van der Waals surface area contributed by atoms with Crippen LogP contribution in [0.3, 0.4) is 0 Å². The van der Waals surface area contributed by atoms with Crippen LogP contribution >= 0.6 is 11.6 Å². The minimum atomic E-state index is 0.515. The standard InChI is InChI=1S/C12H15ClN4/c1-14-12-9-7-15-17(8-4-2-3-5-8)10(9)6-11(13)16-12/h6-8H,2-5H2,1H3,(H,14,16). The molecule has 5 heteroatoms. The molecule has 0 radical (unpaired) electrons. The second-order valence-electron chi connectivity index (χ2n) is 4.50. The Morgan fingerprint density at radius 2 is 2.18 bits per heavy atom. The van der Waals surface area contributed by atoms with E-state index < -0.39 is 0 Å². The first-order valence-corrected chi connectivity index (χ1v) is 6.39. The van der Waals surface area contributed by atoms with Crippen molar-refractivity contribution < 1.29 is 0 Å². The Bertz CT molecular complexity index is 543. The molecule has 0 unspecified atom stereocenters. The fourth-order valence-corrected chi connectivity index (χ4v) is 2.83. The van der Waals surface area contributed by atoms with Gasteiger partial charge >= 0.3 is 0 Å². The molecule has 0 saturated heterocycles. The molecule has 90 valence electrons. The lowest BCUT2D eigenvalue weighted by Gasteiger charge is -2.11. The molecule has 2 aromatic heterocycles. The normalized spacial score (nSPS) is 16.8. The Hall–Kier alpha value is -1.29. The van der Waals surface area contributed by atoms with Crippen molar-refractivity contribution in [3.63, 3.8) is 0 Å². The van der Waals surface area contributed by atoms with E-state index in [1.165, 1.54) is 25.7 Å². The topological polar surface area (TPSA) is 42.7 Å². The van der Waals surface area contributed by atoms with Crippen molar-refractivity contribution in [2.45, 2.75) is 31.7 Å². The summed E-state index contributed by atoms with van der Waals surface area (Å²) in [7, 11) is 1.85. The molecule has 17 heavy (non-hydrogen) atoms. The van der Waals surface area contributed by atoms with E-state index in [0.717, 1.165) is 16.7 Å². The number of pyridine rings is 1. The number of halogens is 1. The largest absolute Gasteiger partial charge is 0.372 e. The first-order valence-electron chi connectivity index (χ1n) is 6.01. The minimum Gasteiger partial charge on any atom is -0.372 e. The summed E-state index contributed by atoms with van der Waals surface area (Å²) >= 11 is 6.05. The molecular weight excluding hydrogens is 236 g/mol. The van der Waals surface area contributed by atoms with Gasteiger partial charge in [0.15, 0.2) is 0 Å². The van der Waals surface area contributed by atoms with E-state index in [4.69, 9.17) is 11.6 Å². The van der Waals surface area contributed by atoms with Crippen LogP contribution in [0.15, 0.2) is 12.3 Å². The predicted molar refractivity (Wildman–Crippen MR) is 69.6 cm³/mol. The molecule has 1 N–H and O–H groups in total. The molecule has 0 atom stereocenters. The number of hydrogen-bond donors (Lipinski definition) is 1. The minimum absolute atomic E-state index is 0.515. The van der Waals surface area contributed by atoms with Crippen LogP contribution in [0.5, 0.6) is 0 Å². The van der Waals surface area contributed by atoms with Gasteiger partial charge in [-0.05, 0) is 12.8 Å². The Labute approximate surface area is 105 Å². The first-order chi connectivity index (χ1) is 8.29. The zero-order chi connectivity index (χ0) is 11.8. The molecule has 2 aromatic rings. The first kappa shape index (κ1) is 10.8. The summed E-state index contributed by atoms with van der Waals surface area (Å²) in [5.41, 5.74) is 1.08. The van der Waals surface area contributed by atoms with Gasteiger partial charge in [-0.2, -0.15) is 5.10 Å². The number of aromatic nitrogens is 3. The zero-order valence-corrected chi connectivity index (χ0v) is 10.5. The number of hydrogen-bond acceptors (Lipinski definition) is 3. The average Bonchev–Trinajstić information content (AvgIpc) is 2.94. The van der Waals surface area contributed by atoms with Gasteiger partial charge in [-0.25, -0.2) is 4.98 Å². The van der Waals surface area contributed by atoms with Crippen molar-refractivity contribution in [1.29, 1.82) is 0 Å². The SMILES string of the molecule is CNc1nc(Cl)cc2c1cnn2C1CCCC1. The van der Waals surface area contributed by atoms with E-state index in [2.05, 4.69) is 20.1 Å². The fourth-order valence-electron chi connectivity index (χ4n) is 2.64. The third-order valence-electron chi connectivity index (χ3n) is 3.47. The van der Waals surface area contributed by atoms with Crippen LogP contribution < -0.4 is 5.32 Å². The van der Waals surface area contributed by atoms with Gasteiger partial charge in [0.25, 0.3) is 0 Å². The third-order valence-corrected chi connectivity index (χ3v) is 3.66.